The van der Waals surface area contributed by atoms with Crippen LogP contribution in [0.1, 0.15) is 29.1 Å². The normalized spacial score (nSPS) is 19.8. The van der Waals surface area contributed by atoms with Crippen LogP contribution in [0, 0.1) is 6.92 Å². The van der Waals surface area contributed by atoms with Gasteiger partial charge in [-0.15, -0.1) is 0 Å². The van der Waals surface area contributed by atoms with Crippen molar-refractivity contribution in [2.75, 3.05) is 36.1 Å². The molecule has 2 fully saturated rings. The molecule has 1 N–H and O–H groups in total. The molecular weight excluding hydrogens is 504 g/mol. The Labute approximate surface area is 226 Å². The molecule has 8 heteroatoms. The zero-order chi connectivity index (χ0) is 25.4. The maximum atomic E-state index is 6.51. The van der Waals surface area contributed by atoms with Gasteiger partial charge in [0.2, 0.25) is 0 Å². The number of benzene rings is 2. The van der Waals surface area contributed by atoms with Gasteiger partial charge in [-0.25, -0.2) is 0 Å². The number of morpholine rings is 1. The lowest BCUT2D eigenvalue weighted by molar-refractivity contribution is 0.122. The number of anilines is 2. The third-order valence-electron chi connectivity index (χ3n) is 7.05. The van der Waals surface area contributed by atoms with E-state index < -0.39 is 0 Å². The lowest BCUT2D eigenvalue weighted by atomic mass is 10.0. The van der Waals surface area contributed by atoms with Crippen LogP contribution in [0.2, 0.25) is 5.02 Å². The van der Waals surface area contributed by atoms with E-state index in [1.54, 1.807) is 6.20 Å². The van der Waals surface area contributed by atoms with Crippen LogP contribution in [-0.4, -0.2) is 36.4 Å². The predicted molar refractivity (Wildman–Crippen MR) is 151 cm³/mol. The standard InChI is InChI=1S/C29H27ClN4O2S/c1-19-22(5-4-6-23(19)30)25-12-13-26(36-25)28-27(24-7-2-3-14-31-24)32-29(37)34(28)21-10-8-20(9-11-21)33-15-17-35-18-16-33/h2-14,27-28H,15-18H2,1H3,(H,32,37). The largest absolute Gasteiger partial charge is 0.459 e. The molecule has 4 heterocycles. The molecule has 2 aromatic heterocycles. The summed E-state index contributed by atoms with van der Waals surface area (Å²) < 4.78 is 12.0. The number of rotatable bonds is 5. The minimum atomic E-state index is -0.218. The number of pyridine rings is 1. The van der Waals surface area contributed by atoms with Gasteiger partial charge in [-0.3, -0.25) is 4.98 Å². The number of furan rings is 1. The summed E-state index contributed by atoms with van der Waals surface area (Å²) in [7, 11) is 0. The van der Waals surface area contributed by atoms with E-state index in [4.69, 9.17) is 33.0 Å². The van der Waals surface area contributed by atoms with Crippen LogP contribution in [0.25, 0.3) is 11.3 Å². The molecule has 2 aliphatic heterocycles. The highest BCUT2D eigenvalue weighted by Gasteiger charge is 2.42. The van der Waals surface area contributed by atoms with Crippen molar-refractivity contribution in [1.82, 2.24) is 10.3 Å². The van der Waals surface area contributed by atoms with Crippen LogP contribution >= 0.6 is 23.8 Å². The van der Waals surface area contributed by atoms with Gasteiger partial charge >= 0.3 is 0 Å². The molecule has 0 bridgehead atoms. The highest BCUT2D eigenvalue weighted by atomic mass is 35.5. The molecule has 188 valence electrons. The first-order valence-corrected chi connectivity index (χ1v) is 13.2. The maximum absolute atomic E-state index is 6.51. The number of nitrogens with one attached hydrogen (secondary N) is 1. The van der Waals surface area contributed by atoms with Gasteiger partial charge in [-0.1, -0.05) is 29.8 Å². The summed E-state index contributed by atoms with van der Waals surface area (Å²) in [5.74, 6) is 1.57. The Bertz CT molecular complexity index is 1400. The topological polar surface area (TPSA) is 53.8 Å². The summed E-state index contributed by atoms with van der Waals surface area (Å²) in [5.41, 5.74) is 5.04. The Hall–Kier alpha value is -3.39. The molecule has 0 radical (unpaired) electrons. The van der Waals surface area contributed by atoms with Crippen molar-refractivity contribution in [1.29, 1.82) is 0 Å². The molecule has 0 spiro atoms. The molecule has 37 heavy (non-hydrogen) atoms. The average molecular weight is 531 g/mol. The van der Waals surface area contributed by atoms with Gasteiger partial charge in [0.15, 0.2) is 5.11 Å². The van der Waals surface area contributed by atoms with Crippen molar-refractivity contribution in [2.45, 2.75) is 19.0 Å². The Balaban J connectivity index is 1.38. The SMILES string of the molecule is Cc1c(Cl)cccc1-c1ccc(C2C(c3ccccn3)NC(=S)N2c2ccc(N3CCOCC3)cc2)o1. The predicted octanol–water partition coefficient (Wildman–Crippen LogP) is 6.32. The number of hydrogen-bond donors (Lipinski definition) is 1. The minimum Gasteiger partial charge on any atom is -0.459 e. The van der Waals surface area contributed by atoms with Crippen molar-refractivity contribution in [3.8, 4) is 11.3 Å². The lowest BCUT2D eigenvalue weighted by Crippen LogP contribution is -2.36. The molecule has 6 nitrogen and oxygen atoms in total. The van der Waals surface area contributed by atoms with Crippen LogP contribution in [-0.2, 0) is 4.74 Å². The average Bonchev–Trinajstić information content (AvgIpc) is 3.56. The molecule has 0 saturated carbocycles. The van der Waals surface area contributed by atoms with E-state index in [1.165, 1.54) is 5.69 Å². The first-order valence-electron chi connectivity index (χ1n) is 12.4. The van der Waals surface area contributed by atoms with E-state index >= 15 is 0 Å². The molecule has 2 aromatic carbocycles. The fraction of sp³-hybridized carbons (Fsp3) is 0.241. The van der Waals surface area contributed by atoms with Gasteiger partial charge in [0, 0.05) is 41.2 Å². The van der Waals surface area contributed by atoms with Crippen LogP contribution in [0.15, 0.2) is 83.4 Å². The number of ether oxygens (including phenoxy) is 1. The summed E-state index contributed by atoms with van der Waals surface area (Å²) in [6.07, 6.45) is 1.81. The molecule has 2 aliphatic rings. The second-order valence-corrected chi connectivity index (χ2v) is 10.0. The fourth-order valence-corrected chi connectivity index (χ4v) is 5.62. The Morgan fingerprint density at radius 1 is 0.946 bits per heavy atom. The molecule has 2 unspecified atom stereocenters. The molecule has 0 amide bonds. The summed E-state index contributed by atoms with van der Waals surface area (Å²) in [6, 6.07) is 24.0. The van der Waals surface area contributed by atoms with E-state index in [1.807, 2.05) is 55.5 Å². The Morgan fingerprint density at radius 2 is 1.73 bits per heavy atom. The Morgan fingerprint density at radius 3 is 2.49 bits per heavy atom. The van der Waals surface area contributed by atoms with E-state index in [2.05, 4.69) is 44.4 Å². The quantitative estimate of drug-likeness (QED) is 0.303. The zero-order valence-corrected chi connectivity index (χ0v) is 22.0. The van der Waals surface area contributed by atoms with Gasteiger partial charge in [0.1, 0.15) is 17.6 Å². The van der Waals surface area contributed by atoms with Gasteiger partial charge in [0.05, 0.1) is 24.9 Å². The third kappa shape index (κ3) is 4.59. The van der Waals surface area contributed by atoms with Gasteiger partial charge in [0.25, 0.3) is 0 Å². The van der Waals surface area contributed by atoms with E-state index in [9.17, 15) is 0 Å². The zero-order valence-electron chi connectivity index (χ0n) is 20.4. The van der Waals surface area contributed by atoms with Crippen LogP contribution in [0.5, 0.6) is 0 Å². The first kappa shape index (κ1) is 24.0. The molecule has 6 rings (SSSR count). The smallest absolute Gasteiger partial charge is 0.174 e. The highest BCUT2D eigenvalue weighted by Crippen LogP contribution is 2.43. The molecule has 0 aliphatic carbocycles. The highest BCUT2D eigenvalue weighted by molar-refractivity contribution is 7.80. The van der Waals surface area contributed by atoms with E-state index in [-0.39, 0.29) is 12.1 Å². The fourth-order valence-electron chi connectivity index (χ4n) is 5.10. The molecule has 2 atom stereocenters. The second-order valence-electron chi connectivity index (χ2n) is 9.23. The lowest BCUT2D eigenvalue weighted by Gasteiger charge is -2.30. The first-order chi connectivity index (χ1) is 18.1. The number of nitrogens with zero attached hydrogens (tertiary/aromatic N) is 3. The summed E-state index contributed by atoms with van der Waals surface area (Å²) in [5, 5.41) is 4.85. The van der Waals surface area contributed by atoms with E-state index in [0.29, 0.717) is 10.1 Å². The Kier molecular flexibility index (Phi) is 6.59. The summed E-state index contributed by atoms with van der Waals surface area (Å²) >= 11 is 12.3. The van der Waals surface area contributed by atoms with Crippen LogP contribution in [0.3, 0.4) is 0 Å². The van der Waals surface area contributed by atoms with Crippen molar-refractivity contribution in [2.24, 2.45) is 0 Å². The third-order valence-corrected chi connectivity index (χ3v) is 7.78. The van der Waals surface area contributed by atoms with Crippen molar-refractivity contribution in [3.63, 3.8) is 0 Å². The molecular formula is C29H27ClN4O2S. The molecule has 4 aromatic rings. The van der Waals surface area contributed by atoms with Gasteiger partial charge in [-0.05, 0) is 79.3 Å². The van der Waals surface area contributed by atoms with Crippen molar-refractivity contribution in [3.05, 3.63) is 101 Å². The van der Waals surface area contributed by atoms with Gasteiger partial charge in [-0.2, -0.15) is 0 Å². The van der Waals surface area contributed by atoms with Crippen LogP contribution in [0.4, 0.5) is 11.4 Å². The monoisotopic (exact) mass is 530 g/mol. The minimum absolute atomic E-state index is 0.174. The van der Waals surface area contributed by atoms with Crippen molar-refractivity contribution >= 4 is 40.3 Å². The molecule has 2 saturated heterocycles. The number of thiocarbonyl (C=S) groups is 1. The van der Waals surface area contributed by atoms with Crippen molar-refractivity contribution < 1.29 is 9.15 Å². The summed E-state index contributed by atoms with van der Waals surface area (Å²) in [6.45, 7) is 5.30. The number of hydrogen-bond acceptors (Lipinski definition) is 5. The second kappa shape index (κ2) is 10.2. The summed E-state index contributed by atoms with van der Waals surface area (Å²) in [4.78, 5) is 9.11. The van der Waals surface area contributed by atoms with Crippen LogP contribution < -0.4 is 15.1 Å². The van der Waals surface area contributed by atoms with Gasteiger partial charge < -0.3 is 24.3 Å². The number of aromatic nitrogens is 1. The number of halogens is 1. The maximum Gasteiger partial charge on any atom is 0.174 e. The van der Waals surface area contributed by atoms with E-state index in [0.717, 1.165) is 60.3 Å².